The molecule has 1 aliphatic heterocycles. The first-order chi connectivity index (χ1) is 7.96. The molecule has 0 spiro atoms. The van der Waals surface area contributed by atoms with Gasteiger partial charge in [-0.25, -0.2) is 0 Å². The highest BCUT2D eigenvalue weighted by atomic mass is 32.2. The number of carbonyl (C=O) groups excluding carboxylic acids is 1. The van der Waals surface area contributed by atoms with E-state index in [1.54, 1.807) is 0 Å². The largest absolute Gasteiger partial charge is 0.464 e. The topological polar surface area (TPSA) is 93.2 Å². The summed E-state index contributed by atoms with van der Waals surface area (Å²) in [6.45, 7) is -0.277. The summed E-state index contributed by atoms with van der Waals surface area (Å²) < 4.78 is 39.8. The summed E-state index contributed by atoms with van der Waals surface area (Å²) in [7, 11) is -4.06. The third-order valence-corrected chi connectivity index (χ3v) is 4.67. The number of hydrogen-bond donors (Lipinski definition) is 1. The number of epoxide rings is 1. The summed E-state index contributed by atoms with van der Waals surface area (Å²) in [5.41, 5.74) is 0. The van der Waals surface area contributed by atoms with Gasteiger partial charge >= 0.3 is 5.97 Å². The van der Waals surface area contributed by atoms with Crippen LogP contribution in [0.5, 0.6) is 0 Å². The first kappa shape index (κ1) is 11.4. The molecule has 2 aliphatic carbocycles. The Hall–Kier alpha value is -0.660. The minimum absolute atomic E-state index is 0.148. The lowest BCUT2D eigenvalue weighted by Gasteiger charge is -2.17. The molecule has 2 saturated carbocycles. The van der Waals surface area contributed by atoms with Gasteiger partial charge in [-0.1, -0.05) is 0 Å². The molecule has 1 saturated heterocycles. The fraction of sp³-hybridized carbons (Fsp3) is 0.900. The van der Waals surface area contributed by atoms with E-state index in [2.05, 4.69) is 0 Å². The monoisotopic (exact) mass is 262 g/mol. The van der Waals surface area contributed by atoms with Crippen LogP contribution in [0, 0.1) is 17.8 Å². The van der Waals surface area contributed by atoms with Crippen molar-refractivity contribution in [2.45, 2.75) is 25.0 Å². The predicted molar refractivity (Wildman–Crippen MR) is 55.7 cm³/mol. The van der Waals surface area contributed by atoms with E-state index in [-0.39, 0.29) is 30.5 Å². The third kappa shape index (κ3) is 2.07. The molecule has 96 valence electrons. The average molecular weight is 262 g/mol. The molecule has 0 aromatic heterocycles. The summed E-state index contributed by atoms with van der Waals surface area (Å²) in [6, 6.07) is 0. The minimum atomic E-state index is -4.06. The third-order valence-electron chi connectivity index (χ3n) is 3.98. The van der Waals surface area contributed by atoms with Gasteiger partial charge < -0.3 is 9.47 Å². The fourth-order valence-corrected chi connectivity index (χ4v) is 3.52. The van der Waals surface area contributed by atoms with Crippen LogP contribution in [0.15, 0.2) is 0 Å². The highest BCUT2D eigenvalue weighted by Crippen LogP contribution is 2.58. The predicted octanol–water partition coefficient (Wildman–Crippen LogP) is -0.159. The van der Waals surface area contributed by atoms with Crippen LogP contribution in [-0.2, 0) is 24.4 Å². The van der Waals surface area contributed by atoms with Crippen LogP contribution in [0.4, 0.5) is 0 Å². The first-order valence-corrected chi connectivity index (χ1v) is 7.34. The van der Waals surface area contributed by atoms with Crippen molar-refractivity contribution < 1.29 is 27.2 Å². The van der Waals surface area contributed by atoms with Gasteiger partial charge in [-0.15, -0.1) is 0 Å². The molecule has 1 heterocycles. The van der Waals surface area contributed by atoms with Crippen LogP contribution in [0.1, 0.15) is 12.8 Å². The maximum absolute atomic E-state index is 11.7. The molecule has 2 bridgehead atoms. The van der Waals surface area contributed by atoms with Crippen molar-refractivity contribution in [3.63, 3.8) is 0 Å². The fourth-order valence-electron chi connectivity index (χ4n) is 3.23. The van der Waals surface area contributed by atoms with Crippen LogP contribution in [0.3, 0.4) is 0 Å². The van der Waals surface area contributed by atoms with E-state index in [0.29, 0.717) is 12.0 Å². The molecule has 1 N–H and O–H groups in total. The van der Waals surface area contributed by atoms with Gasteiger partial charge in [0.1, 0.15) is 12.4 Å². The molecule has 0 aromatic rings. The van der Waals surface area contributed by atoms with Crippen molar-refractivity contribution in [2.24, 2.45) is 17.8 Å². The molecule has 5 atom stereocenters. The van der Waals surface area contributed by atoms with Gasteiger partial charge in [-0.3, -0.25) is 9.35 Å². The second kappa shape index (κ2) is 3.66. The van der Waals surface area contributed by atoms with Gasteiger partial charge in [0.15, 0.2) is 0 Å². The number of fused-ring (bicyclic) bond motifs is 5. The standard InChI is InChI=1S/C10H14O6S/c11-10(15-1-2-17(12,13)14)7-4-5-3-6(7)9-8(5)16-9/h5-9H,1-4H2,(H,12,13,14)/t5-,6?,7?,8?,9?/m1/s1. The number of carbonyl (C=O) groups is 1. The SMILES string of the molecule is O=C(OCCS(=O)(=O)O)C1C[C@H]2CC1C1OC12. The van der Waals surface area contributed by atoms with Crippen molar-refractivity contribution >= 4 is 16.1 Å². The average Bonchev–Trinajstić information content (AvgIpc) is 2.82. The van der Waals surface area contributed by atoms with Crippen LogP contribution in [-0.4, -0.2) is 43.5 Å². The number of hydrogen-bond acceptors (Lipinski definition) is 5. The molecule has 4 unspecified atom stereocenters. The molecule has 3 aliphatic rings. The van der Waals surface area contributed by atoms with Gasteiger partial charge in [-0.2, -0.15) is 8.42 Å². The van der Waals surface area contributed by atoms with E-state index in [1.807, 2.05) is 0 Å². The molecular formula is C10H14O6S. The second-order valence-electron chi connectivity index (χ2n) is 5.02. The Kier molecular flexibility index (Phi) is 2.46. The first-order valence-electron chi connectivity index (χ1n) is 5.73. The highest BCUT2D eigenvalue weighted by molar-refractivity contribution is 7.85. The Labute approximate surface area is 99.0 Å². The van der Waals surface area contributed by atoms with E-state index in [0.717, 1.165) is 12.8 Å². The summed E-state index contributed by atoms with van der Waals surface area (Å²) in [5, 5.41) is 0. The van der Waals surface area contributed by atoms with Crippen molar-refractivity contribution in [3.8, 4) is 0 Å². The van der Waals surface area contributed by atoms with Crippen molar-refractivity contribution in [1.29, 1.82) is 0 Å². The minimum Gasteiger partial charge on any atom is -0.464 e. The van der Waals surface area contributed by atoms with Crippen molar-refractivity contribution in [3.05, 3.63) is 0 Å². The van der Waals surface area contributed by atoms with Crippen LogP contribution >= 0.6 is 0 Å². The van der Waals surface area contributed by atoms with Crippen LogP contribution in [0.25, 0.3) is 0 Å². The van der Waals surface area contributed by atoms with Gasteiger partial charge in [-0.05, 0) is 18.8 Å². The molecule has 6 nitrogen and oxygen atoms in total. The summed E-state index contributed by atoms with van der Waals surface area (Å²) in [4.78, 5) is 11.7. The van der Waals surface area contributed by atoms with Crippen molar-refractivity contribution in [2.75, 3.05) is 12.4 Å². The van der Waals surface area contributed by atoms with E-state index in [9.17, 15) is 13.2 Å². The maximum Gasteiger partial charge on any atom is 0.309 e. The molecule has 3 fully saturated rings. The lowest BCUT2D eigenvalue weighted by Crippen LogP contribution is -2.28. The molecule has 0 amide bonds. The molecule has 0 radical (unpaired) electrons. The zero-order valence-electron chi connectivity index (χ0n) is 9.11. The number of rotatable bonds is 4. The summed E-state index contributed by atoms with van der Waals surface area (Å²) in [6.07, 6.45) is 2.40. The molecule has 3 rings (SSSR count). The molecule has 7 heteroatoms. The van der Waals surface area contributed by atoms with E-state index in [1.165, 1.54) is 0 Å². The van der Waals surface area contributed by atoms with Gasteiger partial charge in [0.25, 0.3) is 10.1 Å². The Bertz CT molecular complexity index is 444. The maximum atomic E-state index is 11.7. The Morgan fingerprint density at radius 2 is 2.12 bits per heavy atom. The van der Waals surface area contributed by atoms with Crippen LogP contribution in [0.2, 0.25) is 0 Å². The Morgan fingerprint density at radius 3 is 2.71 bits per heavy atom. The quantitative estimate of drug-likeness (QED) is 0.430. The molecular weight excluding hydrogens is 248 g/mol. The number of esters is 1. The lowest BCUT2D eigenvalue weighted by atomic mass is 9.89. The lowest BCUT2D eigenvalue weighted by molar-refractivity contribution is -0.149. The molecule has 0 aromatic carbocycles. The molecule has 17 heavy (non-hydrogen) atoms. The Balaban J connectivity index is 1.51. The van der Waals surface area contributed by atoms with Crippen molar-refractivity contribution in [1.82, 2.24) is 0 Å². The van der Waals surface area contributed by atoms with Crippen LogP contribution < -0.4 is 0 Å². The smallest absolute Gasteiger partial charge is 0.309 e. The van der Waals surface area contributed by atoms with Gasteiger partial charge in [0.05, 0.1) is 18.1 Å². The summed E-state index contributed by atoms with van der Waals surface area (Å²) in [5.74, 6) is -0.310. The zero-order chi connectivity index (χ0) is 12.2. The second-order valence-corrected chi connectivity index (χ2v) is 6.59. The van der Waals surface area contributed by atoms with Gasteiger partial charge in [0, 0.05) is 5.92 Å². The summed E-state index contributed by atoms with van der Waals surface area (Å²) >= 11 is 0. The van der Waals surface area contributed by atoms with E-state index >= 15 is 0 Å². The Morgan fingerprint density at radius 1 is 1.35 bits per heavy atom. The van der Waals surface area contributed by atoms with Gasteiger partial charge in [0.2, 0.25) is 0 Å². The van der Waals surface area contributed by atoms with E-state index in [4.69, 9.17) is 14.0 Å². The normalized spacial score (nSPS) is 42.3. The van der Waals surface area contributed by atoms with E-state index < -0.39 is 15.9 Å². The zero-order valence-corrected chi connectivity index (χ0v) is 9.93. The number of ether oxygens (including phenoxy) is 2. The highest BCUT2D eigenvalue weighted by Gasteiger charge is 2.64.